The number of aromatic nitrogens is 4. The first kappa shape index (κ1) is 16.6. The van der Waals surface area contributed by atoms with Gasteiger partial charge in [-0.1, -0.05) is 0 Å². The number of fused-ring (bicyclic) bond motifs is 1. The van der Waals surface area contributed by atoms with Crippen molar-refractivity contribution in [2.24, 2.45) is 0 Å². The zero-order chi connectivity index (χ0) is 18.3. The first-order valence-corrected chi connectivity index (χ1v) is 9.30. The van der Waals surface area contributed by atoms with Gasteiger partial charge in [0.05, 0.1) is 17.5 Å². The number of H-pyrrole nitrogens is 1. The highest BCUT2D eigenvalue weighted by atomic mass is 32.1. The summed E-state index contributed by atoms with van der Waals surface area (Å²) in [6, 6.07) is 1.68. The maximum atomic E-state index is 12.8. The SMILES string of the molecule is CCn1c(=O)[nH]c(=O)c2c(C(=O)NCc3nccs3)cc(C3CC3)nc21. The van der Waals surface area contributed by atoms with Crippen LogP contribution in [-0.2, 0) is 13.1 Å². The molecule has 0 aromatic carbocycles. The Labute approximate surface area is 151 Å². The van der Waals surface area contributed by atoms with Crippen molar-refractivity contribution in [2.45, 2.75) is 38.8 Å². The Bertz CT molecular complexity index is 1100. The number of hydrogen-bond acceptors (Lipinski definition) is 6. The van der Waals surface area contributed by atoms with E-state index in [0.29, 0.717) is 6.54 Å². The number of nitrogens with zero attached hydrogens (tertiary/aromatic N) is 3. The molecular formula is C17H17N5O3S. The van der Waals surface area contributed by atoms with E-state index >= 15 is 0 Å². The molecule has 134 valence electrons. The van der Waals surface area contributed by atoms with Gasteiger partial charge in [-0.3, -0.25) is 19.1 Å². The Balaban J connectivity index is 1.85. The summed E-state index contributed by atoms with van der Waals surface area (Å²) in [5.41, 5.74) is 0.162. The van der Waals surface area contributed by atoms with Gasteiger partial charge in [0.15, 0.2) is 5.65 Å². The van der Waals surface area contributed by atoms with E-state index in [1.54, 1.807) is 19.2 Å². The number of aryl methyl sites for hydroxylation is 1. The minimum absolute atomic E-state index is 0.146. The van der Waals surface area contributed by atoms with Crippen LogP contribution in [0.5, 0.6) is 0 Å². The van der Waals surface area contributed by atoms with Gasteiger partial charge in [-0.15, -0.1) is 11.3 Å². The number of carbonyl (C=O) groups is 1. The van der Waals surface area contributed by atoms with Gasteiger partial charge in [0, 0.05) is 29.7 Å². The van der Waals surface area contributed by atoms with Gasteiger partial charge < -0.3 is 5.32 Å². The lowest BCUT2D eigenvalue weighted by Crippen LogP contribution is -2.33. The average molecular weight is 371 g/mol. The van der Waals surface area contributed by atoms with Crippen molar-refractivity contribution >= 4 is 28.3 Å². The van der Waals surface area contributed by atoms with Crippen LogP contribution in [0.3, 0.4) is 0 Å². The Morgan fingerprint density at radius 3 is 2.88 bits per heavy atom. The number of rotatable bonds is 5. The summed E-state index contributed by atoms with van der Waals surface area (Å²) in [6.45, 7) is 2.44. The van der Waals surface area contributed by atoms with Crippen LogP contribution in [0.2, 0.25) is 0 Å². The maximum absolute atomic E-state index is 12.8. The highest BCUT2D eigenvalue weighted by Gasteiger charge is 2.28. The summed E-state index contributed by atoms with van der Waals surface area (Å²) in [5, 5.41) is 5.56. The van der Waals surface area contributed by atoms with Crippen LogP contribution in [0.1, 0.15) is 46.7 Å². The molecule has 0 unspecified atom stereocenters. The number of pyridine rings is 1. The molecule has 0 bridgehead atoms. The van der Waals surface area contributed by atoms with Gasteiger partial charge >= 0.3 is 5.69 Å². The second kappa shape index (κ2) is 6.49. The van der Waals surface area contributed by atoms with E-state index in [4.69, 9.17) is 0 Å². The molecule has 26 heavy (non-hydrogen) atoms. The first-order valence-electron chi connectivity index (χ1n) is 8.42. The van der Waals surface area contributed by atoms with Crippen LogP contribution < -0.4 is 16.6 Å². The van der Waals surface area contributed by atoms with Crippen LogP contribution in [0, 0.1) is 0 Å². The van der Waals surface area contributed by atoms with Crippen molar-refractivity contribution in [2.75, 3.05) is 0 Å². The van der Waals surface area contributed by atoms with E-state index in [-0.39, 0.29) is 35.0 Å². The van der Waals surface area contributed by atoms with Gasteiger partial charge in [0.1, 0.15) is 5.01 Å². The molecule has 0 spiro atoms. The fourth-order valence-corrected chi connectivity index (χ4v) is 3.50. The van der Waals surface area contributed by atoms with Crippen molar-refractivity contribution < 1.29 is 4.79 Å². The summed E-state index contributed by atoms with van der Waals surface area (Å²) in [5.74, 6) is -0.0917. The van der Waals surface area contributed by atoms with Gasteiger partial charge in [-0.2, -0.15) is 0 Å². The molecule has 0 aliphatic heterocycles. The third kappa shape index (κ3) is 2.94. The number of carbonyl (C=O) groups excluding carboxylic acids is 1. The molecule has 3 aromatic heterocycles. The number of nitrogens with one attached hydrogen (secondary N) is 2. The molecule has 3 heterocycles. The van der Waals surface area contributed by atoms with Crippen LogP contribution in [0.4, 0.5) is 0 Å². The van der Waals surface area contributed by atoms with E-state index in [9.17, 15) is 14.4 Å². The van der Waals surface area contributed by atoms with Crippen LogP contribution >= 0.6 is 11.3 Å². The quantitative estimate of drug-likeness (QED) is 0.704. The molecule has 1 aliphatic carbocycles. The Kier molecular flexibility index (Phi) is 4.15. The van der Waals surface area contributed by atoms with Crippen molar-refractivity contribution in [1.82, 2.24) is 24.8 Å². The van der Waals surface area contributed by atoms with E-state index in [1.807, 2.05) is 5.38 Å². The Morgan fingerprint density at radius 1 is 1.42 bits per heavy atom. The zero-order valence-corrected chi connectivity index (χ0v) is 14.9. The fourth-order valence-electron chi connectivity index (χ4n) is 2.95. The molecule has 1 aliphatic rings. The number of thiazole rings is 1. The standard InChI is InChI=1S/C17H17N5O3S/c1-2-22-14-13(16(24)21-17(22)25)10(7-11(20-14)9-3-4-9)15(23)19-8-12-18-5-6-26-12/h5-7,9H,2-4,8H2,1H3,(H,19,23)(H,21,24,25). The number of aromatic amines is 1. The molecule has 3 aromatic rings. The van der Waals surface area contributed by atoms with Gasteiger partial charge in [0.2, 0.25) is 0 Å². The molecule has 8 nitrogen and oxygen atoms in total. The predicted octanol–water partition coefficient (Wildman–Crippen LogP) is 1.37. The normalized spacial score (nSPS) is 13.9. The second-order valence-corrected chi connectivity index (χ2v) is 7.16. The highest BCUT2D eigenvalue weighted by molar-refractivity contribution is 7.09. The molecule has 1 amide bonds. The summed E-state index contributed by atoms with van der Waals surface area (Å²) in [7, 11) is 0. The number of amides is 1. The lowest BCUT2D eigenvalue weighted by atomic mass is 10.1. The van der Waals surface area contributed by atoms with Crippen molar-refractivity contribution in [3.8, 4) is 0 Å². The van der Waals surface area contributed by atoms with Gasteiger partial charge in [0.25, 0.3) is 11.5 Å². The van der Waals surface area contributed by atoms with Crippen LogP contribution in [0.15, 0.2) is 27.2 Å². The summed E-state index contributed by atoms with van der Waals surface area (Å²) >= 11 is 1.44. The second-order valence-electron chi connectivity index (χ2n) is 6.18. The maximum Gasteiger partial charge on any atom is 0.329 e. The highest BCUT2D eigenvalue weighted by Crippen LogP contribution is 2.39. The minimum Gasteiger partial charge on any atom is -0.345 e. The average Bonchev–Trinajstić information content (AvgIpc) is 3.35. The fraction of sp³-hybridized carbons (Fsp3) is 0.353. The van der Waals surface area contributed by atoms with Gasteiger partial charge in [-0.25, -0.2) is 14.8 Å². The first-order chi connectivity index (χ1) is 12.6. The van der Waals surface area contributed by atoms with Crippen LogP contribution in [-0.4, -0.2) is 25.4 Å². The molecule has 1 fully saturated rings. The van der Waals surface area contributed by atoms with E-state index in [2.05, 4.69) is 20.3 Å². The Hall–Kier alpha value is -2.81. The monoisotopic (exact) mass is 371 g/mol. The van der Waals surface area contributed by atoms with Crippen molar-refractivity contribution in [1.29, 1.82) is 0 Å². The summed E-state index contributed by atoms with van der Waals surface area (Å²) < 4.78 is 1.39. The number of hydrogen-bond donors (Lipinski definition) is 2. The molecule has 0 radical (unpaired) electrons. The lowest BCUT2D eigenvalue weighted by Gasteiger charge is -2.12. The lowest BCUT2D eigenvalue weighted by molar-refractivity contribution is 0.0952. The molecule has 0 saturated heterocycles. The van der Waals surface area contributed by atoms with E-state index < -0.39 is 11.2 Å². The van der Waals surface area contributed by atoms with E-state index in [0.717, 1.165) is 23.5 Å². The third-order valence-corrected chi connectivity index (χ3v) is 5.19. The smallest absolute Gasteiger partial charge is 0.329 e. The topological polar surface area (TPSA) is 110 Å². The van der Waals surface area contributed by atoms with Crippen molar-refractivity contribution in [3.63, 3.8) is 0 Å². The van der Waals surface area contributed by atoms with Crippen molar-refractivity contribution in [3.05, 3.63) is 54.7 Å². The molecule has 4 rings (SSSR count). The van der Waals surface area contributed by atoms with Crippen LogP contribution in [0.25, 0.3) is 11.0 Å². The predicted molar refractivity (Wildman–Crippen MR) is 97.6 cm³/mol. The van der Waals surface area contributed by atoms with Gasteiger partial charge in [-0.05, 0) is 25.8 Å². The molecular weight excluding hydrogens is 354 g/mol. The molecule has 1 saturated carbocycles. The molecule has 0 atom stereocenters. The van der Waals surface area contributed by atoms with E-state index in [1.165, 1.54) is 15.9 Å². The Morgan fingerprint density at radius 2 is 2.23 bits per heavy atom. The molecule has 2 N–H and O–H groups in total. The summed E-state index contributed by atoms with van der Waals surface area (Å²) in [4.78, 5) is 48.3. The minimum atomic E-state index is -0.594. The largest absolute Gasteiger partial charge is 0.345 e. The zero-order valence-electron chi connectivity index (χ0n) is 14.1. The summed E-state index contributed by atoms with van der Waals surface area (Å²) in [6.07, 6.45) is 3.67. The molecule has 9 heteroatoms. The third-order valence-electron chi connectivity index (χ3n) is 4.41.